The zero-order valence-corrected chi connectivity index (χ0v) is 17.1. The SMILES string of the molecule is CCOc1cccc2sc(N(CCCN(C)C)C(=O)c3ccccc3F)nc12. The van der Waals surface area contributed by atoms with Crippen molar-refractivity contribution < 1.29 is 13.9 Å². The highest BCUT2D eigenvalue weighted by Crippen LogP contribution is 2.35. The fourth-order valence-corrected chi connectivity index (χ4v) is 3.92. The highest BCUT2D eigenvalue weighted by molar-refractivity contribution is 7.22. The molecule has 0 spiro atoms. The summed E-state index contributed by atoms with van der Waals surface area (Å²) in [6.07, 6.45) is 0.751. The lowest BCUT2D eigenvalue weighted by Crippen LogP contribution is -2.34. The van der Waals surface area contributed by atoms with Crippen LogP contribution in [-0.2, 0) is 0 Å². The van der Waals surface area contributed by atoms with Gasteiger partial charge in [-0.25, -0.2) is 9.37 Å². The second-order valence-electron chi connectivity index (χ2n) is 6.63. The van der Waals surface area contributed by atoms with Crippen molar-refractivity contribution in [2.75, 3.05) is 38.7 Å². The molecule has 0 aliphatic heterocycles. The number of amides is 1. The smallest absolute Gasteiger partial charge is 0.263 e. The van der Waals surface area contributed by atoms with E-state index in [4.69, 9.17) is 4.74 Å². The number of halogens is 1. The Morgan fingerprint density at radius 1 is 1.14 bits per heavy atom. The summed E-state index contributed by atoms with van der Waals surface area (Å²) in [6, 6.07) is 11.8. The molecule has 5 nitrogen and oxygen atoms in total. The van der Waals surface area contributed by atoms with Crippen molar-refractivity contribution in [1.82, 2.24) is 9.88 Å². The molecule has 0 aliphatic carbocycles. The Morgan fingerprint density at radius 3 is 2.64 bits per heavy atom. The molecule has 0 saturated heterocycles. The van der Waals surface area contributed by atoms with Gasteiger partial charge in [-0.15, -0.1) is 0 Å². The predicted molar refractivity (Wildman–Crippen MR) is 112 cm³/mol. The van der Waals surface area contributed by atoms with Crippen LogP contribution in [0.4, 0.5) is 9.52 Å². The van der Waals surface area contributed by atoms with Crippen LogP contribution in [-0.4, -0.2) is 49.6 Å². The molecular formula is C21H24FN3O2S. The van der Waals surface area contributed by atoms with E-state index in [-0.39, 0.29) is 11.5 Å². The van der Waals surface area contributed by atoms with Gasteiger partial charge in [-0.05, 0) is 58.3 Å². The first-order chi connectivity index (χ1) is 13.5. The van der Waals surface area contributed by atoms with Crippen LogP contribution in [0.1, 0.15) is 23.7 Å². The van der Waals surface area contributed by atoms with Gasteiger partial charge in [0.05, 0.1) is 16.9 Å². The van der Waals surface area contributed by atoms with E-state index in [1.807, 2.05) is 39.2 Å². The summed E-state index contributed by atoms with van der Waals surface area (Å²) >= 11 is 1.41. The summed E-state index contributed by atoms with van der Waals surface area (Å²) in [7, 11) is 3.96. The molecule has 0 radical (unpaired) electrons. The van der Waals surface area contributed by atoms with Crippen molar-refractivity contribution in [2.24, 2.45) is 0 Å². The van der Waals surface area contributed by atoms with Crippen molar-refractivity contribution in [3.63, 3.8) is 0 Å². The fraction of sp³-hybridized carbons (Fsp3) is 0.333. The molecule has 1 heterocycles. The van der Waals surface area contributed by atoms with Crippen LogP contribution in [0, 0.1) is 5.82 Å². The molecule has 1 aromatic heterocycles. The number of nitrogens with zero attached hydrogens (tertiary/aromatic N) is 3. The zero-order valence-electron chi connectivity index (χ0n) is 16.3. The number of fused-ring (bicyclic) bond motifs is 1. The van der Waals surface area contributed by atoms with Crippen LogP contribution in [0.3, 0.4) is 0 Å². The Labute approximate surface area is 168 Å². The molecule has 0 fully saturated rings. The first-order valence-electron chi connectivity index (χ1n) is 9.24. The van der Waals surface area contributed by atoms with Gasteiger partial charge in [-0.1, -0.05) is 29.5 Å². The van der Waals surface area contributed by atoms with E-state index < -0.39 is 5.82 Å². The normalized spacial score (nSPS) is 11.2. The quantitative estimate of drug-likeness (QED) is 0.560. The lowest BCUT2D eigenvalue weighted by atomic mass is 10.2. The molecule has 1 amide bonds. The van der Waals surface area contributed by atoms with E-state index in [0.29, 0.717) is 24.0 Å². The van der Waals surface area contributed by atoms with E-state index >= 15 is 0 Å². The average Bonchev–Trinajstić information content (AvgIpc) is 3.10. The van der Waals surface area contributed by atoms with Crippen LogP contribution in [0.15, 0.2) is 42.5 Å². The first kappa shape index (κ1) is 20.2. The molecule has 0 atom stereocenters. The summed E-state index contributed by atoms with van der Waals surface area (Å²) in [5, 5.41) is 0.550. The Morgan fingerprint density at radius 2 is 1.93 bits per heavy atom. The molecule has 0 aliphatic rings. The van der Waals surface area contributed by atoms with Gasteiger partial charge in [0.25, 0.3) is 5.91 Å². The molecule has 0 unspecified atom stereocenters. The van der Waals surface area contributed by atoms with Gasteiger partial charge in [0.15, 0.2) is 5.13 Å². The number of carbonyl (C=O) groups excluding carboxylic acids is 1. The van der Waals surface area contributed by atoms with Crippen molar-refractivity contribution in [2.45, 2.75) is 13.3 Å². The van der Waals surface area contributed by atoms with E-state index in [2.05, 4.69) is 9.88 Å². The fourth-order valence-electron chi connectivity index (χ4n) is 2.91. The van der Waals surface area contributed by atoms with Crippen LogP contribution in [0.5, 0.6) is 5.75 Å². The second-order valence-corrected chi connectivity index (χ2v) is 7.63. The molecule has 28 heavy (non-hydrogen) atoms. The van der Waals surface area contributed by atoms with Crippen LogP contribution < -0.4 is 9.64 Å². The number of benzene rings is 2. The molecular weight excluding hydrogens is 377 g/mol. The largest absolute Gasteiger partial charge is 0.492 e. The number of aromatic nitrogens is 1. The van der Waals surface area contributed by atoms with Gasteiger partial charge >= 0.3 is 0 Å². The minimum absolute atomic E-state index is 0.0524. The minimum Gasteiger partial charge on any atom is -0.492 e. The third kappa shape index (κ3) is 4.48. The van der Waals surface area contributed by atoms with E-state index in [1.54, 1.807) is 17.0 Å². The maximum Gasteiger partial charge on any atom is 0.263 e. The van der Waals surface area contributed by atoms with Crippen LogP contribution >= 0.6 is 11.3 Å². The van der Waals surface area contributed by atoms with Gasteiger partial charge < -0.3 is 9.64 Å². The summed E-state index contributed by atoms with van der Waals surface area (Å²) in [5.41, 5.74) is 0.778. The summed E-state index contributed by atoms with van der Waals surface area (Å²) in [6.45, 7) is 3.72. The van der Waals surface area contributed by atoms with E-state index in [9.17, 15) is 9.18 Å². The first-order valence-corrected chi connectivity index (χ1v) is 10.1. The molecule has 7 heteroatoms. The summed E-state index contributed by atoms with van der Waals surface area (Å²) in [5.74, 6) is -0.218. The maximum atomic E-state index is 14.2. The van der Waals surface area contributed by atoms with Gasteiger partial charge in [0.1, 0.15) is 17.1 Å². The molecule has 2 aromatic carbocycles. The zero-order chi connectivity index (χ0) is 20.1. The van der Waals surface area contributed by atoms with Crippen LogP contribution in [0.25, 0.3) is 10.2 Å². The minimum atomic E-state index is -0.527. The second kappa shape index (κ2) is 9.12. The molecule has 0 N–H and O–H groups in total. The van der Waals surface area contributed by atoms with Crippen LogP contribution in [0.2, 0.25) is 0 Å². The molecule has 0 saturated carbocycles. The van der Waals surface area contributed by atoms with E-state index in [0.717, 1.165) is 23.2 Å². The Kier molecular flexibility index (Phi) is 6.59. The number of carbonyl (C=O) groups is 1. The Hall–Kier alpha value is -2.51. The number of para-hydroxylation sites is 1. The van der Waals surface area contributed by atoms with Gasteiger partial charge in [0.2, 0.25) is 0 Å². The maximum absolute atomic E-state index is 14.2. The Balaban J connectivity index is 1.98. The molecule has 148 valence electrons. The standard InChI is InChI=1S/C21H24FN3O2S/c1-4-27-17-11-7-12-18-19(17)23-21(28-18)25(14-8-13-24(2)3)20(26)15-9-5-6-10-16(15)22/h5-7,9-12H,4,8,13-14H2,1-3H3. The summed E-state index contributed by atoms with van der Waals surface area (Å²) < 4.78 is 20.8. The third-order valence-corrected chi connectivity index (χ3v) is 5.28. The van der Waals surface area contributed by atoms with Crippen molar-refractivity contribution in [1.29, 1.82) is 0 Å². The third-order valence-electron chi connectivity index (χ3n) is 4.24. The lowest BCUT2D eigenvalue weighted by molar-refractivity contribution is 0.0982. The average molecular weight is 402 g/mol. The van der Waals surface area contributed by atoms with Gasteiger partial charge in [-0.3, -0.25) is 9.69 Å². The van der Waals surface area contributed by atoms with E-state index in [1.165, 1.54) is 23.5 Å². The highest BCUT2D eigenvalue weighted by Gasteiger charge is 2.24. The predicted octanol–water partition coefficient (Wildman–Crippen LogP) is 4.43. The molecule has 0 bridgehead atoms. The van der Waals surface area contributed by atoms with Crippen molar-refractivity contribution in [3.05, 3.63) is 53.8 Å². The molecule has 3 rings (SSSR count). The van der Waals surface area contributed by atoms with Crippen molar-refractivity contribution in [3.8, 4) is 5.75 Å². The topological polar surface area (TPSA) is 45.7 Å². The monoisotopic (exact) mass is 401 g/mol. The van der Waals surface area contributed by atoms with Gasteiger partial charge in [-0.2, -0.15) is 0 Å². The van der Waals surface area contributed by atoms with Gasteiger partial charge in [0, 0.05) is 6.54 Å². The summed E-state index contributed by atoms with van der Waals surface area (Å²) in [4.78, 5) is 21.4. The number of ether oxygens (including phenoxy) is 1. The van der Waals surface area contributed by atoms with Crippen molar-refractivity contribution >= 4 is 32.6 Å². The number of hydrogen-bond acceptors (Lipinski definition) is 5. The molecule has 3 aromatic rings. The highest BCUT2D eigenvalue weighted by atomic mass is 32.1. The number of rotatable bonds is 8. The Bertz CT molecular complexity index is 958. The lowest BCUT2D eigenvalue weighted by Gasteiger charge is -2.21. The number of anilines is 1. The number of thiazole rings is 1. The number of hydrogen-bond donors (Lipinski definition) is 0.